The van der Waals surface area contributed by atoms with Gasteiger partial charge in [-0.3, -0.25) is 9.20 Å². The van der Waals surface area contributed by atoms with Gasteiger partial charge in [0.05, 0.1) is 6.04 Å². The van der Waals surface area contributed by atoms with Crippen LogP contribution < -0.4 is 20.7 Å². The molecule has 9 heteroatoms. The molecule has 34 heavy (non-hydrogen) atoms. The minimum atomic E-state index is -0.384. The predicted octanol–water partition coefficient (Wildman–Crippen LogP) is 4.27. The number of para-hydroxylation sites is 1. The Morgan fingerprint density at radius 2 is 1.68 bits per heavy atom. The number of pyridine rings is 1. The number of ether oxygens (including phenoxy) is 1. The van der Waals surface area contributed by atoms with Gasteiger partial charge in [-0.15, -0.1) is 10.2 Å². The first-order valence-corrected chi connectivity index (χ1v) is 10.9. The average Bonchev–Trinajstić information content (AvgIpc) is 3.26. The van der Waals surface area contributed by atoms with Gasteiger partial charge in [-0.2, -0.15) is 0 Å². The summed E-state index contributed by atoms with van der Waals surface area (Å²) in [5.41, 5.74) is 1.95. The van der Waals surface area contributed by atoms with Crippen LogP contribution in [0.15, 0.2) is 79.0 Å². The van der Waals surface area contributed by atoms with Gasteiger partial charge in [0, 0.05) is 23.6 Å². The second-order valence-electron chi connectivity index (χ2n) is 8.04. The maximum atomic E-state index is 12.8. The summed E-state index contributed by atoms with van der Waals surface area (Å²) in [7, 11) is 0. The highest BCUT2D eigenvalue weighted by Gasteiger charge is 2.23. The average molecular weight is 459 g/mol. The molecule has 9 nitrogen and oxygen atoms in total. The van der Waals surface area contributed by atoms with E-state index in [0.717, 1.165) is 0 Å². The number of nitrogens with zero attached hydrogens (tertiary/aromatic N) is 3. The van der Waals surface area contributed by atoms with Gasteiger partial charge in [0.1, 0.15) is 5.75 Å². The van der Waals surface area contributed by atoms with Crippen LogP contribution in [0.1, 0.15) is 25.7 Å². The lowest BCUT2D eigenvalue weighted by atomic mass is 10.0. The molecule has 0 aliphatic rings. The molecule has 0 radical (unpaired) electrons. The van der Waals surface area contributed by atoms with Gasteiger partial charge in [-0.25, -0.2) is 4.79 Å². The molecule has 2 aromatic heterocycles. The van der Waals surface area contributed by atoms with Crippen LogP contribution in [0.2, 0.25) is 0 Å². The zero-order valence-electron chi connectivity index (χ0n) is 18.9. The monoisotopic (exact) mass is 458 g/mol. The second-order valence-corrected chi connectivity index (χ2v) is 8.04. The summed E-state index contributed by atoms with van der Waals surface area (Å²) in [6.45, 7) is 3.85. The van der Waals surface area contributed by atoms with E-state index in [4.69, 9.17) is 4.74 Å². The molecule has 3 amide bonds. The molecule has 0 aliphatic heterocycles. The van der Waals surface area contributed by atoms with E-state index in [1.807, 2.05) is 60.8 Å². The quantitative estimate of drug-likeness (QED) is 0.365. The molecule has 2 heterocycles. The lowest BCUT2D eigenvalue weighted by Gasteiger charge is -2.21. The van der Waals surface area contributed by atoms with E-state index in [2.05, 4.69) is 26.1 Å². The summed E-state index contributed by atoms with van der Waals surface area (Å²) in [5, 5.41) is 17.0. The third-order valence-corrected chi connectivity index (χ3v) is 5.09. The van der Waals surface area contributed by atoms with Crippen molar-refractivity contribution in [1.29, 1.82) is 0 Å². The number of urea groups is 1. The number of hydrogen-bond acceptors (Lipinski definition) is 5. The standard InChI is InChI=1S/C25H26N6O3/c1-17(2)23(24-30-29-21-13-6-7-14-31(21)24)28-25(33)27-19-11-8-12-20(15-19)34-16-22(32)26-18-9-4-3-5-10-18/h3-15,17,23H,16H2,1-2H3,(H,26,32)(H2,27,28,33). The lowest BCUT2D eigenvalue weighted by molar-refractivity contribution is -0.118. The topological polar surface area (TPSA) is 110 Å². The first-order chi connectivity index (χ1) is 16.5. The first-order valence-electron chi connectivity index (χ1n) is 10.9. The van der Waals surface area contributed by atoms with Crippen molar-refractivity contribution in [2.24, 2.45) is 5.92 Å². The second kappa shape index (κ2) is 10.5. The highest BCUT2D eigenvalue weighted by Crippen LogP contribution is 2.22. The van der Waals surface area contributed by atoms with Crippen molar-refractivity contribution >= 4 is 29.0 Å². The van der Waals surface area contributed by atoms with Crippen LogP contribution in [0.25, 0.3) is 5.65 Å². The lowest BCUT2D eigenvalue weighted by Crippen LogP contribution is -2.36. The molecule has 1 atom stereocenters. The summed E-state index contributed by atoms with van der Waals surface area (Å²) >= 11 is 0. The van der Waals surface area contributed by atoms with Crippen LogP contribution in [0, 0.1) is 5.92 Å². The van der Waals surface area contributed by atoms with Crippen molar-refractivity contribution in [2.45, 2.75) is 19.9 Å². The third-order valence-electron chi connectivity index (χ3n) is 5.09. The van der Waals surface area contributed by atoms with Crippen LogP contribution >= 0.6 is 0 Å². The smallest absolute Gasteiger partial charge is 0.319 e. The van der Waals surface area contributed by atoms with Crippen molar-refractivity contribution in [3.63, 3.8) is 0 Å². The van der Waals surface area contributed by atoms with Crippen molar-refractivity contribution in [3.05, 3.63) is 84.8 Å². The molecule has 0 saturated heterocycles. The molecule has 0 bridgehead atoms. The number of anilines is 2. The molecule has 0 aliphatic carbocycles. The Kier molecular flexibility index (Phi) is 7.02. The Bertz CT molecular complexity index is 1270. The maximum Gasteiger partial charge on any atom is 0.319 e. The van der Waals surface area contributed by atoms with E-state index in [1.165, 1.54) is 0 Å². The summed E-state index contributed by atoms with van der Waals surface area (Å²) < 4.78 is 7.44. The van der Waals surface area contributed by atoms with E-state index in [9.17, 15) is 9.59 Å². The SMILES string of the molecule is CC(C)C(NC(=O)Nc1cccc(OCC(=O)Nc2ccccc2)c1)c1nnc2ccccn12. The summed E-state index contributed by atoms with van der Waals surface area (Å²) in [4.78, 5) is 24.9. The molecule has 3 N–H and O–H groups in total. The number of carbonyl (C=O) groups is 2. The third kappa shape index (κ3) is 5.69. The Morgan fingerprint density at radius 1 is 0.912 bits per heavy atom. The van der Waals surface area contributed by atoms with Crippen LogP contribution in [0.4, 0.5) is 16.2 Å². The maximum absolute atomic E-state index is 12.8. The van der Waals surface area contributed by atoms with E-state index >= 15 is 0 Å². The molecular formula is C25H26N6O3. The Morgan fingerprint density at radius 3 is 2.47 bits per heavy atom. The Balaban J connectivity index is 1.36. The predicted molar refractivity (Wildman–Crippen MR) is 130 cm³/mol. The van der Waals surface area contributed by atoms with Crippen LogP contribution in [-0.2, 0) is 4.79 Å². The summed E-state index contributed by atoms with van der Waals surface area (Å²) in [6.07, 6.45) is 1.87. The van der Waals surface area contributed by atoms with Crippen molar-refractivity contribution in [3.8, 4) is 5.75 Å². The number of benzene rings is 2. The fourth-order valence-corrected chi connectivity index (χ4v) is 3.44. The van der Waals surface area contributed by atoms with Crippen molar-refractivity contribution < 1.29 is 14.3 Å². The van der Waals surface area contributed by atoms with Gasteiger partial charge < -0.3 is 20.7 Å². The molecule has 0 fully saturated rings. The van der Waals surface area contributed by atoms with Crippen molar-refractivity contribution in [2.75, 3.05) is 17.2 Å². The van der Waals surface area contributed by atoms with E-state index in [-0.39, 0.29) is 30.5 Å². The fraction of sp³-hybridized carbons (Fsp3) is 0.200. The number of nitrogens with one attached hydrogen (secondary N) is 3. The highest BCUT2D eigenvalue weighted by atomic mass is 16.5. The van der Waals surface area contributed by atoms with E-state index < -0.39 is 0 Å². The van der Waals surface area contributed by atoms with Crippen LogP contribution in [0.3, 0.4) is 0 Å². The Labute approximate surface area is 197 Å². The molecule has 0 saturated carbocycles. The number of carbonyl (C=O) groups excluding carboxylic acids is 2. The molecular weight excluding hydrogens is 432 g/mol. The van der Waals surface area contributed by atoms with Gasteiger partial charge >= 0.3 is 6.03 Å². The number of amides is 3. The molecule has 0 spiro atoms. The number of hydrogen-bond donors (Lipinski definition) is 3. The molecule has 1 unspecified atom stereocenters. The van der Waals surface area contributed by atoms with Crippen LogP contribution in [-0.4, -0.2) is 33.1 Å². The van der Waals surface area contributed by atoms with Gasteiger partial charge in [-0.1, -0.05) is 44.2 Å². The zero-order chi connectivity index (χ0) is 23.9. The van der Waals surface area contributed by atoms with Gasteiger partial charge in [0.2, 0.25) is 0 Å². The molecule has 4 rings (SSSR count). The Hall–Kier alpha value is -4.40. The fourth-order valence-electron chi connectivity index (χ4n) is 3.44. The zero-order valence-corrected chi connectivity index (χ0v) is 18.9. The van der Waals surface area contributed by atoms with Gasteiger partial charge in [-0.05, 0) is 42.3 Å². The number of fused-ring (bicyclic) bond motifs is 1. The van der Waals surface area contributed by atoms with Gasteiger partial charge in [0.15, 0.2) is 18.1 Å². The summed E-state index contributed by atoms with van der Waals surface area (Å²) in [6, 6.07) is 20.9. The van der Waals surface area contributed by atoms with Crippen LogP contribution in [0.5, 0.6) is 5.75 Å². The van der Waals surface area contributed by atoms with Gasteiger partial charge in [0.25, 0.3) is 5.91 Å². The normalized spacial score (nSPS) is 11.7. The van der Waals surface area contributed by atoms with Crippen molar-refractivity contribution in [1.82, 2.24) is 19.9 Å². The van der Waals surface area contributed by atoms with E-state index in [0.29, 0.717) is 28.6 Å². The molecule has 174 valence electrons. The number of rotatable bonds is 8. The highest BCUT2D eigenvalue weighted by molar-refractivity contribution is 5.92. The minimum absolute atomic E-state index is 0.0798. The molecule has 2 aromatic carbocycles. The van der Waals surface area contributed by atoms with E-state index in [1.54, 1.807) is 36.4 Å². The number of aromatic nitrogens is 3. The summed E-state index contributed by atoms with van der Waals surface area (Å²) in [5.74, 6) is 0.922. The molecule has 4 aromatic rings. The largest absolute Gasteiger partial charge is 0.484 e. The first kappa shape index (κ1) is 22.8. The minimum Gasteiger partial charge on any atom is -0.484 e.